The van der Waals surface area contributed by atoms with Gasteiger partial charge in [0.05, 0.1) is 0 Å². The van der Waals surface area contributed by atoms with Crippen molar-refractivity contribution in [3.8, 4) is 0 Å². The van der Waals surface area contributed by atoms with Crippen molar-refractivity contribution < 1.29 is 0 Å². The summed E-state index contributed by atoms with van der Waals surface area (Å²) >= 11 is 0. The highest BCUT2D eigenvalue weighted by molar-refractivity contribution is 4.73. The first-order valence-electron chi connectivity index (χ1n) is 6.46. The van der Waals surface area contributed by atoms with E-state index >= 15 is 0 Å². The zero-order valence-corrected chi connectivity index (χ0v) is 10.0. The molecule has 2 fully saturated rings. The lowest BCUT2D eigenvalue weighted by Crippen LogP contribution is -2.45. The topological polar surface area (TPSA) is 18.5 Å². The number of nitrogens with one attached hydrogen (secondary N) is 1. The predicted octanol–water partition coefficient (Wildman–Crippen LogP) is 0.623. The zero-order chi connectivity index (χ0) is 10.5. The average Bonchev–Trinajstić information content (AvgIpc) is 2.30. The standard InChI is InChI=1S/C12H25N3/c1-14-7-9-15(10-8-14)6-4-12-3-2-5-13-11-12/h12-13H,2-11H2,1H3. The summed E-state index contributed by atoms with van der Waals surface area (Å²) < 4.78 is 0. The highest BCUT2D eigenvalue weighted by Gasteiger charge is 2.17. The van der Waals surface area contributed by atoms with Gasteiger partial charge in [0, 0.05) is 26.2 Å². The molecule has 0 aromatic heterocycles. The second-order valence-electron chi connectivity index (χ2n) is 5.15. The quantitative estimate of drug-likeness (QED) is 0.738. The van der Waals surface area contributed by atoms with Crippen LogP contribution in [-0.2, 0) is 0 Å². The fourth-order valence-electron chi connectivity index (χ4n) is 2.61. The van der Waals surface area contributed by atoms with Crippen LogP contribution in [0.2, 0.25) is 0 Å². The first-order valence-corrected chi connectivity index (χ1v) is 6.46. The maximum absolute atomic E-state index is 3.50. The van der Waals surface area contributed by atoms with Crippen molar-refractivity contribution in [2.45, 2.75) is 19.3 Å². The third kappa shape index (κ3) is 3.74. The van der Waals surface area contributed by atoms with Gasteiger partial charge in [0.15, 0.2) is 0 Å². The molecule has 88 valence electrons. The van der Waals surface area contributed by atoms with E-state index in [0.717, 1.165) is 5.92 Å². The number of piperazine rings is 1. The Hall–Kier alpha value is -0.120. The van der Waals surface area contributed by atoms with E-state index < -0.39 is 0 Å². The fourth-order valence-corrected chi connectivity index (χ4v) is 2.61. The van der Waals surface area contributed by atoms with E-state index in [1.165, 1.54) is 65.1 Å². The van der Waals surface area contributed by atoms with Crippen LogP contribution in [0, 0.1) is 5.92 Å². The zero-order valence-electron chi connectivity index (χ0n) is 10.0. The average molecular weight is 211 g/mol. The Bertz CT molecular complexity index is 170. The first kappa shape index (κ1) is 11.4. The molecule has 2 aliphatic rings. The van der Waals surface area contributed by atoms with Crippen LogP contribution in [0.25, 0.3) is 0 Å². The van der Waals surface area contributed by atoms with E-state index in [-0.39, 0.29) is 0 Å². The van der Waals surface area contributed by atoms with Gasteiger partial charge in [-0.3, -0.25) is 0 Å². The molecule has 2 saturated heterocycles. The van der Waals surface area contributed by atoms with Crippen molar-refractivity contribution in [3.63, 3.8) is 0 Å². The second-order valence-corrected chi connectivity index (χ2v) is 5.15. The number of nitrogens with zero attached hydrogens (tertiary/aromatic N) is 2. The molecular formula is C12H25N3. The monoisotopic (exact) mass is 211 g/mol. The molecule has 1 unspecified atom stereocenters. The molecule has 0 aliphatic carbocycles. The molecule has 0 radical (unpaired) electrons. The van der Waals surface area contributed by atoms with E-state index in [2.05, 4.69) is 22.2 Å². The van der Waals surface area contributed by atoms with E-state index in [1.54, 1.807) is 0 Å². The smallest absolute Gasteiger partial charge is 0.0110 e. The third-order valence-electron chi connectivity index (χ3n) is 3.85. The lowest BCUT2D eigenvalue weighted by atomic mass is 9.96. The summed E-state index contributed by atoms with van der Waals surface area (Å²) in [5, 5.41) is 3.50. The number of rotatable bonds is 3. The van der Waals surface area contributed by atoms with Crippen LogP contribution in [-0.4, -0.2) is 62.7 Å². The van der Waals surface area contributed by atoms with Gasteiger partial charge in [0.25, 0.3) is 0 Å². The molecule has 15 heavy (non-hydrogen) atoms. The van der Waals surface area contributed by atoms with Crippen molar-refractivity contribution in [3.05, 3.63) is 0 Å². The summed E-state index contributed by atoms with van der Waals surface area (Å²) in [7, 11) is 2.22. The summed E-state index contributed by atoms with van der Waals surface area (Å²) in [6, 6.07) is 0. The SMILES string of the molecule is CN1CCN(CCC2CCCNC2)CC1. The fraction of sp³-hybridized carbons (Fsp3) is 1.00. The van der Waals surface area contributed by atoms with Crippen LogP contribution in [0.15, 0.2) is 0 Å². The van der Waals surface area contributed by atoms with Gasteiger partial charge < -0.3 is 15.1 Å². The second kappa shape index (κ2) is 5.83. The molecule has 2 aliphatic heterocycles. The number of hydrogen-bond acceptors (Lipinski definition) is 3. The van der Waals surface area contributed by atoms with Crippen LogP contribution >= 0.6 is 0 Å². The van der Waals surface area contributed by atoms with Crippen molar-refractivity contribution in [1.82, 2.24) is 15.1 Å². The maximum Gasteiger partial charge on any atom is 0.0110 e. The van der Waals surface area contributed by atoms with Crippen LogP contribution in [0.5, 0.6) is 0 Å². The molecule has 0 bridgehead atoms. The Morgan fingerprint density at radius 1 is 1.20 bits per heavy atom. The van der Waals surface area contributed by atoms with E-state index in [9.17, 15) is 0 Å². The lowest BCUT2D eigenvalue weighted by Gasteiger charge is -2.33. The summed E-state index contributed by atoms with van der Waals surface area (Å²) in [6.07, 6.45) is 4.23. The van der Waals surface area contributed by atoms with Crippen molar-refractivity contribution >= 4 is 0 Å². The summed E-state index contributed by atoms with van der Waals surface area (Å²) in [5.41, 5.74) is 0. The molecule has 1 atom stereocenters. The van der Waals surface area contributed by atoms with E-state index in [1.807, 2.05) is 0 Å². The molecule has 2 heterocycles. The largest absolute Gasteiger partial charge is 0.316 e. The molecule has 0 aromatic carbocycles. The van der Waals surface area contributed by atoms with E-state index in [0.29, 0.717) is 0 Å². The Balaban J connectivity index is 1.60. The maximum atomic E-state index is 3.50. The number of hydrogen-bond donors (Lipinski definition) is 1. The van der Waals surface area contributed by atoms with Gasteiger partial charge >= 0.3 is 0 Å². The summed E-state index contributed by atoms with van der Waals surface area (Å²) in [6.45, 7) is 8.87. The highest BCUT2D eigenvalue weighted by atomic mass is 15.2. The predicted molar refractivity (Wildman–Crippen MR) is 64.1 cm³/mol. The van der Waals surface area contributed by atoms with Crippen LogP contribution < -0.4 is 5.32 Å². The van der Waals surface area contributed by atoms with Gasteiger partial charge in [-0.2, -0.15) is 0 Å². The molecule has 0 amide bonds. The van der Waals surface area contributed by atoms with Crippen molar-refractivity contribution in [2.24, 2.45) is 5.92 Å². The third-order valence-corrected chi connectivity index (χ3v) is 3.85. The van der Waals surface area contributed by atoms with Gasteiger partial charge in [-0.25, -0.2) is 0 Å². The summed E-state index contributed by atoms with van der Waals surface area (Å²) in [5.74, 6) is 0.943. The normalized spacial score (nSPS) is 30.6. The Labute approximate surface area is 93.8 Å². The minimum atomic E-state index is 0.943. The summed E-state index contributed by atoms with van der Waals surface area (Å²) in [4.78, 5) is 5.06. The molecule has 1 N–H and O–H groups in total. The van der Waals surface area contributed by atoms with Gasteiger partial charge in [-0.15, -0.1) is 0 Å². The van der Waals surface area contributed by atoms with Crippen LogP contribution in [0.3, 0.4) is 0 Å². The minimum Gasteiger partial charge on any atom is -0.316 e. The molecular weight excluding hydrogens is 186 g/mol. The minimum absolute atomic E-state index is 0.943. The van der Waals surface area contributed by atoms with E-state index in [4.69, 9.17) is 0 Å². The molecule has 0 spiro atoms. The highest BCUT2D eigenvalue weighted by Crippen LogP contribution is 2.14. The molecule has 2 rings (SSSR count). The van der Waals surface area contributed by atoms with Crippen LogP contribution in [0.1, 0.15) is 19.3 Å². The molecule has 0 aromatic rings. The lowest BCUT2D eigenvalue weighted by molar-refractivity contribution is 0.144. The van der Waals surface area contributed by atoms with Gasteiger partial charge in [0.2, 0.25) is 0 Å². The van der Waals surface area contributed by atoms with Crippen molar-refractivity contribution in [2.75, 3.05) is 52.9 Å². The molecule has 0 saturated carbocycles. The molecule has 3 heteroatoms. The number of piperidine rings is 1. The van der Waals surface area contributed by atoms with Crippen LogP contribution in [0.4, 0.5) is 0 Å². The van der Waals surface area contributed by atoms with Gasteiger partial charge in [0.1, 0.15) is 0 Å². The Morgan fingerprint density at radius 2 is 2.00 bits per heavy atom. The van der Waals surface area contributed by atoms with Crippen molar-refractivity contribution in [1.29, 1.82) is 0 Å². The molecule has 3 nitrogen and oxygen atoms in total. The van der Waals surface area contributed by atoms with Gasteiger partial charge in [-0.05, 0) is 51.9 Å². The van der Waals surface area contributed by atoms with Gasteiger partial charge in [-0.1, -0.05) is 0 Å². The first-order chi connectivity index (χ1) is 7.34. The number of likely N-dealkylation sites (N-methyl/N-ethyl adjacent to an activating group) is 1. The Kier molecular flexibility index (Phi) is 4.42. The Morgan fingerprint density at radius 3 is 2.67 bits per heavy atom.